The smallest absolute Gasteiger partial charge is 0.200 e. The van der Waals surface area contributed by atoms with Crippen molar-refractivity contribution in [3.05, 3.63) is 119 Å². The molecule has 0 aliphatic heterocycles. The molecule has 2 aromatic carbocycles. The van der Waals surface area contributed by atoms with Crippen LogP contribution in [0, 0.1) is 29.6 Å². The largest absolute Gasteiger partial charge is 0.239 e. The second-order valence-corrected chi connectivity index (χ2v) is 8.44. The van der Waals surface area contributed by atoms with Crippen LogP contribution in [0.15, 0.2) is 84.9 Å². The SMILES string of the molecule is Cc1ccc(Cc2cc(C#N)nc(-c3nc(-c4cccc(C#N)n4)nn3Cc3ccccc3)c2)cc1. The first-order valence-corrected chi connectivity index (χ1v) is 11.4. The lowest BCUT2D eigenvalue weighted by Gasteiger charge is -2.09. The summed E-state index contributed by atoms with van der Waals surface area (Å²) in [6, 6.07) is 31.4. The Hall–Kier alpha value is -5.14. The van der Waals surface area contributed by atoms with Crippen LogP contribution in [0.4, 0.5) is 0 Å². The summed E-state index contributed by atoms with van der Waals surface area (Å²) in [5, 5.41) is 23.7. The van der Waals surface area contributed by atoms with E-state index in [0.717, 1.165) is 16.7 Å². The molecule has 5 aromatic rings. The molecule has 0 saturated carbocycles. The lowest BCUT2D eigenvalue weighted by atomic mass is 10.0. The molecule has 0 atom stereocenters. The van der Waals surface area contributed by atoms with Crippen molar-refractivity contribution < 1.29 is 0 Å². The number of pyridine rings is 2. The van der Waals surface area contributed by atoms with E-state index >= 15 is 0 Å². The Morgan fingerprint density at radius 1 is 0.694 bits per heavy atom. The molecule has 5 rings (SSSR count). The molecule has 0 amide bonds. The van der Waals surface area contributed by atoms with Crippen molar-refractivity contribution >= 4 is 0 Å². The molecule has 36 heavy (non-hydrogen) atoms. The summed E-state index contributed by atoms with van der Waals surface area (Å²) >= 11 is 0. The summed E-state index contributed by atoms with van der Waals surface area (Å²) in [6.07, 6.45) is 0.663. The van der Waals surface area contributed by atoms with Crippen LogP contribution in [0.3, 0.4) is 0 Å². The molecule has 3 aromatic heterocycles. The van der Waals surface area contributed by atoms with Gasteiger partial charge < -0.3 is 0 Å². The van der Waals surface area contributed by atoms with Crippen molar-refractivity contribution in [2.45, 2.75) is 19.9 Å². The number of benzene rings is 2. The summed E-state index contributed by atoms with van der Waals surface area (Å²) < 4.78 is 1.77. The zero-order chi connectivity index (χ0) is 24.9. The first kappa shape index (κ1) is 22.6. The minimum Gasteiger partial charge on any atom is -0.239 e. The minimum absolute atomic E-state index is 0.290. The van der Waals surface area contributed by atoms with E-state index < -0.39 is 0 Å². The van der Waals surface area contributed by atoms with E-state index in [4.69, 9.17) is 10.1 Å². The van der Waals surface area contributed by atoms with Gasteiger partial charge in [-0.2, -0.15) is 10.5 Å². The Kier molecular flexibility index (Phi) is 6.29. The number of hydrogen-bond acceptors (Lipinski definition) is 6. The molecule has 0 radical (unpaired) electrons. The van der Waals surface area contributed by atoms with E-state index in [9.17, 15) is 10.5 Å². The fraction of sp³-hybridized carbons (Fsp3) is 0.103. The monoisotopic (exact) mass is 467 g/mol. The van der Waals surface area contributed by atoms with E-state index in [0.29, 0.717) is 47.4 Å². The standard InChI is InChI=1S/C29H21N7/c1-20-10-12-21(13-11-20)14-23-15-25(18-31)33-27(16-23)29-34-28(26-9-5-8-24(17-30)32-26)35-36(29)19-22-6-3-2-4-7-22/h2-13,15-16H,14,19H2,1H3. The highest BCUT2D eigenvalue weighted by atomic mass is 15.4. The predicted octanol–water partition coefficient (Wildman–Crippen LogP) is 5.09. The summed E-state index contributed by atoms with van der Waals surface area (Å²) in [5.74, 6) is 0.919. The van der Waals surface area contributed by atoms with Gasteiger partial charge in [-0.25, -0.2) is 19.6 Å². The Morgan fingerprint density at radius 3 is 2.19 bits per heavy atom. The zero-order valence-corrected chi connectivity index (χ0v) is 19.6. The fourth-order valence-corrected chi connectivity index (χ4v) is 3.93. The van der Waals surface area contributed by atoms with Crippen LogP contribution in [0.2, 0.25) is 0 Å². The van der Waals surface area contributed by atoms with Crippen molar-refractivity contribution in [3.8, 4) is 35.2 Å². The van der Waals surface area contributed by atoms with Gasteiger partial charge in [-0.3, -0.25) is 0 Å². The molecule has 172 valence electrons. The number of nitrogens with zero attached hydrogens (tertiary/aromatic N) is 7. The second-order valence-electron chi connectivity index (χ2n) is 8.44. The number of hydrogen-bond donors (Lipinski definition) is 0. The molecule has 0 N–H and O–H groups in total. The van der Waals surface area contributed by atoms with E-state index in [1.807, 2.05) is 36.4 Å². The highest BCUT2D eigenvalue weighted by Crippen LogP contribution is 2.24. The zero-order valence-electron chi connectivity index (χ0n) is 19.6. The summed E-state index contributed by atoms with van der Waals surface area (Å²) in [7, 11) is 0. The minimum atomic E-state index is 0.290. The van der Waals surface area contributed by atoms with Gasteiger partial charge in [0.15, 0.2) is 11.6 Å². The van der Waals surface area contributed by atoms with Crippen LogP contribution in [-0.2, 0) is 13.0 Å². The van der Waals surface area contributed by atoms with E-state index in [1.54, 1.807) is 28.9 Å². The molecule has 0 aliphatic rings. The first-order chi connectivity index (χ1) is 17.6. The molecule has 0 aliphatic carbocycles. The summed E-state index contributed by atoms with van der Waals surface area (Å²) in [5.41, 5.74) is 6.01. The third-order valence-electron chi connectivity index (χ3n) is 5.70. The Morgan fingerprint density at radius 2 is 1.44 bits per heavy atom. The first-order valence-electron chi connectivity index (χ1n) is 11.4. The number of aromatic nitrogens is 5. The van der Waals surface area contributed by atoms with Gasteiger partial charge in [-0.05, 0) is 54.3 Å². The van der Waals surface area contributed by atoms with Crippen molar-refractivity contribution in [2.75, 3.05) is 0 Å². The maximum atomic E-state index is 9.69. The average Bonchev–Trinajstić information content (AvgIpc) is 3.34. The lowest BCUT2D eigenvalue weighted by molar-refractivity contribution is 0.692. The highest BCUT2D eigenvalue weighted by Gasteiger charge is 2.18. The maximum Gasteiger partial charge on any atom is 0.200 e. The number of nitriles is 2. The molecule has 0 saturated heterocycles. The number of aryl methyl sites for hydroxylation is 1. The third kappa shape index (κ3) is 5.01. The highest BCUT2D eigenvalue weighted by molar-refractivity contribution is 5.59. The Labute approximate surface area is 209 Å². The Balaban J connectivity index is 1.61. The molecule has 0 spiro atoms. The lowest BCUT2D eigenvalue weighted by Crippen LogP contribution is -2.06. The van der Waals surface area contributed by atoms with Gasteiger partial charge in [0.1, 0.15) is 34.9 Å². The van der Waals surface area contributed by atoms with Crippen molar-refractivity contribution in [1.29, 1.82) is 10.5 Å². The van der Waals surface area contributed by atoms with Gasteiger partial charge in [0.25, 0.3) is 0 Å². The molecular weight excluding hydrogens is 446 g/mol. The summed E-state index contributed by atoms with van der Waals surface area (Å²) in [4.78, 5) is 13.7. The van der Waals surface area contributed by atoms with Crippen LogP contribution >= 0.6 is 0 Å². The maximum absolute atomic E-state index is 9.69. The van der Waals surface area contributed by atoms with Gasteiger partial charge in [0, 0.05) is 0 Å². The van der Waals surface area contributed by atoms with Crippen LogP contribution in [0.1, 0.15) is 33.6 Å². The summed E-state index contributed by atoms with van der Waals surface area (Å²) in [6.45, 7) is 2.52. The number of rotatable bonds is 6. The Bertz CT molecular complexity index is 1600. The molecule has 3 heterocycles. The van der Waals surface area contributed by atoms with Gasteiger partial charge in [0.2, 0.25) is 0 Å². The van der Waals surface area contributed by atoms with Crippen molar-refractivity contribution in [1.82, 2.24) is 24.7 Å². The van der Waals surface area contributed by atoms with Gasteiger partial charge in [-0.1, -0.05) is 66.2 Å². The third-order valence-corrected chi connectivity index (χ3v) is 5.70. The van der Waals surface area contributed by atoms with Gasteiger partial charge in [0.05, 0.1) is 6.54 Å². The quantitative estimate of drug-likeness (QED) is 0.344. The van der Waals surface area contributed by atoms with E-state index in [-0.39, 0.29) is 0 Å². The normalized spacial score (nSPS) is 10.5. The fourth-order valence-electron chi connectivity index (χ4n) is 3.93. The van der Waals surface area contributed by atoms with Crippen LogP contribution in [0.5, 0.6) is 0 Å². The predicted molar refractivity (Wildman–Crippen MR) is 135 cm³/mol. The van der Waals surface area contributed by atoms with Crippen molar-refractivity contribution in [2.24, 2.45) is 0 Å². The van der Waals surface area contributed by atoms with Crippen LogP contribution in [-0.4, -0.2) is 24.7 Å². The molecular formula is C29H21N7. The van der Waals surface area contributed by atoms with Crippen LogP contribution < -0.4 is 0 Å². The van der Waals surface area contributed by atoms with Gasteiger partial charge >= 0.3 is 0 Å². The van der Waals surface area contributed by atoms with Crippen LogP contribution in [0.25, 0.3) is 23.0 Å². The topological polar surface area (TPSA) is 104 Å². The van der Waals surface area contributed by atoms with E-state index in [1.165, 1.54) is 5.56 Å². The molecule has 0 unspecified atom stereocenters. The molecule has 7 nitrogen and oxygen atoms in total. The average molecular weight is 468 g/mol. The molecule has 7 heteroatoms. The molecule has 0 bridgehead atoms. The van der Waals surface area contributed by atoms with Crippen molar-refractivity contribution in [3.63, 3.8) is 0 Å². The second kappa shape index (κ2) is 10.0. The molecule has 0 fully saturated rings. The van der Waals surface area contributed by atoms with E-state index in [2.05, 4.69) is 53.3 Å². The van der Waals surface area contributed by atoms with Gasteiger partial charge in [-0.15, -0.1) is 5.10 Å².